The van der Waals surface area contributed by atoms with E-state index in [-0.39, 0.29) is 0 Å². The highest BCUT2D eigenvalue weighted by Crippen LogP contribution is 2.25. The van der Waals surface area contributed by atoms with Crippen LogP contribution in [0.15, 0.2) is 21.9 Å². The SMILES string of the molecule is CCC1CCCCN1Cc1nnc(-c2cccs2)o1. The van der Waals surface area contributed by atoms with Crippen LogP contribution in [0.3, 0.4) is 0 Å². The van der Waals surface area contributed by atoms with Gasteiger partial charge < -0.3 is 4.42 Å². The number of likely N-dealkylation sites (tertiary alicyclic amines) is 1. The summed E-state index contributed by atoms with van der Waals surface area (Å²) in [6, 6.07) is 4.69. The van der Waals surface area contributed by atoms with Crippen LogP contribution in [0, 0.1) is 0 Å². The Kier molecular flexibility index (Phi) is 3.94. The van der Waals surface area contributed by atoms with Crippen LogP contribution < -0.4 is 0 Å². The van der Waals surface area contributed by atoms with Crippen LogP contribution in [0.25, 0.3) is 10.8 Å². The zero-order chi connectivity index (χ0) is 13.1. The van der Waals surface area contributed by atoms with Crippen LogP contribution in [0.5, 0.6) is 0 Å². The first-order chi connectivity index (χ1) is 9.36. The fourth-order valence-electron chi connectivity index (χ4n) is 2.72. The normalized spacial score (nSPS) is 20.8. The largest absolute Gasteiger partial charge is 0.419 e. The Morgan fingerprint density at radius 2 is 2.37 bits per heavy atom. The Balaban J connectivity index is 1.69. The molecule has 19 heavy (non-hydrogen) atoms. The molecular formula is C14H19N3OS. The van der Waals surface area contributed by atoms with Gasteiger partial charge >= 0.3 is 0 Å². The lowest BCUT2D eigenvalue weighted by atomic mass is 10.0. The summed E-state index contributed by atoms with van der Waals surface area (Å²) >= 11 is 1.63. The molecule has 102 valence electrons. The number of thiophene rings is 1. The third kappa shape index (κ3) is 2.87. The van der Waals surface area contributed by atoms with Crippen molar-refractivity contribution in [2.75, 3.05) is 6.54 Å². The zero-order valence-electron chi connectivity index (χ0n) is 11.2. The summed E-state index contributed by atoms with van der Waals surface area (Å²) in [4.78, 5) is 3.53. The fourth-order valence-corrected chi connectivity index (χ4v) is 3.37. The summed E-state index contributed by atoms with van der Waals surface area (Å²) in [6.45, 7) is 4.19. The second-order valence-electron chi connectivity index (χ2n) is 5.01. The standard InChI is InChI=1S/C14H19N3OS/c1-2-11-6-3-4-8-17(11)10-13-15-16-14(18-13)12-7-5-9-19-12/h5,7,9,11H,2-4,6,8,10H2,1H3. The maximum absolute atomic E-state index is 5.77. The third-order valence-corrected chi connectivity index (χ3v) is 4.62. The predicted molar refractivity (Wildman–Crippen MR) is 76.0 cm³/mol. The minimum Gasteiger partial charge on any atom is -0.419 e. The van der Waals surface area contributed by atoms with Crippen LogP contribution in [-0.4, -0.2) is 27.7 Å². The van der Waals surface area contributed by atoms with Crippen molar-refractivity contribution in [3.05, 3.63) is 23.4 Å². The summed E-state index contributed by atoms with van der Waals surface area (Å²) in [5.41, 5.74) is 0. The predicted octanol–water partition coefficient (Wildman–Crippen LogP) is 3.56. The van der Waals surface area contributed by atoms with Crippen molar-refractivity contribution in [2.24, 2.45) is 0 Å². The van der Waals surface area contributed by atoms with E-state index >= 15 is 0 Å². The molecule has 0 amide bonds. The summed E-state index contributed by atoms with van der Waals surface area (Å²) in [5, 5.41) is 10.4. The number of rotatable bonds is 4. The number of piperidine rings is 1. The Hall–Kier alpha value is -1.20. The third-order valence-electron chi connectivity index (χ3n) is 3.76. The molecule has 1 aliphatic heterocycles. The van der Waals surface area contributed by atoms with E-state index in [9.17, 15) is 0 Å². The Labute approximate surface area is 117 Å². The molecule has 2 aromatic heterocycles. The molecule has 0 spiro atoms. The van der Waals surface area contributed by atoms with E-state index in [1.807, 2.05) is 17.5 Å². The Morgan fingerprint density at radius 3 is 3.16 bits per heavy atom. The van der Waals surface area contributed by atoms with E-state index in [0.717, 1.165) is 23.9 Å². The van der Waals surface area contributed by atoms with Crippen molar-refractivity contribution in [3.8, 4) is 10.8 Å². The minimum absolute atomic E-state index is 0.648. The summed E-state index contributed by atoms with van der Waals surface area (Å²) in [6.07, 6.45) is 5.12. The van der Waals surface area contributed by atoms with Gasteiger partial charge in [0.05, 0.1) is 11.4 Å². The van der Waals surface area contributed by atoms with Crippen molar-refractivity contribution < 1.29 is 4.42 Å². The minimum atomic E-state index is 0.648. The van der Waals surface area contributed by atoms with Gasteiger partial charge in [0, 0.05) is 6.04 Å². The van der Waals surface area contributed by atoms with E-state index in [0.29, 0.717) is 11.9 Å². The quantitative estimate of drug-likeness (QED) is 0.857. The van der Waals surface area contributed by atoms with Gasteiger partial charge in [0.1, 0.15) is 0 Å². The van der Waals surface area contributed by atoms with Crippen molar-refractivity contribution in [1.29, 1.82) is 0 Å². The van der Waals surface area contributed by atoms with E-state index in [1.54, 1.807) is 11.3 Å². The first kappa shape index (κ1) is 12.8. The molecule has 0 N–H and O–H groups in total. The molecule has 0 aromatic carbocycles. The lowest BCUT2D eigenvalue weighted by Gasteiger charge is -2.33. The maximum atomic E-state index is 5.77. The highest BCUT2D eigenvalue weighted by Gasteiger charge is 2.22. The first-order valence-electron chi connectivity index (χ1n) is 6.97. The molecule has 5 heteroatoms. The number of hydrogen-bond acceptors (Lipinski definition) is 5. The number of nitrogens with zero attached hydrogens (tertiary/aromatic N) is 3. The maximum Gasteiger partial charge on any atom is 0.257 e. The zero-order valence-corrected chi connectivity index (χ0v) is 12.0. The highest BCUT2D eigenvalue weighted by atomic mass is 32.1. The summed E-state index contributed by atoms with van der Waals surface area (Å²) in [7, 11) is 0. The highest BCUT2D eigenvalue weighted by molar-refractivity contribution is 7.13. The second kappa shape index (κ2) is 5.84. The first-order valence-corrected chi connectivity index (χ1v) is 7.85. The molecule has 2 aromatic rings. The van der Waals surface area contributed by atoms with E-state index < -0.39 is 0 Å². The topological polar surface area (TPSA) is 42.2 Å². The van der Waals surface area contributed by atoms with Gasteiger partial charge in [0.2, 0.25) is 5.89 Å². The lowest BCUT2D eigenvalue weighted by molar-refractivity contribution is 0.124. The Bertz CT molecular complexity index is 509. The van der Waals surface area contributed by atoms with Crippen LogP contribution in [0.2, 0.25) is 0 Å². The molecule has 4 nitrogen and oxygen atoms in total. The average molecular weight is 277 g/mol. The van der Waals surface area contributed by atoms with Gasteiger partial charge in [-0.2, -0.15) is 0 Å². The average Bonchev–Trinajstić information content (AvgIpc) is 3.09. The summed E-state index contributed by atoms with van der Waals surface area (Å²) < 4.78 is 5.77. The molecule has 1 aliphatic rings. The molecule has 3 heterocycles. The van der Waals surface area contributed by atoms with Gasteiger partial charge in [-0.25, -0.2) is 0 Å². The number of aromatic nitrogens is 2. The molecule has 0 radical (unpaired) electrons. The molecule has 0 saturated carbocycles. The molecule has 0 bridgehead atoms. The second-order valence-corrected chi connectivity index (χ2v) is 5.95. The Morgan fingerprint density at radius 1 is 1.42 bits per heavy atom. The van der Waals surface area contributed by atoms with Crippen LogP contribution >= 0.6 is 11.3 Å². The lowest BCUT2D eigenvalue weighted by Crippen LogP contribution is -2.38. The van der Waals surface area contributed by atoms with Crippen molar-refractivity contribution in [3.63, 3.8) is 0 Å². The van der Waals surface area contributed by atoms with Crippen LogP contribution in [0.4, 0.5) is 0 Å². The molecule has 0 aliphatic carbocycles. The summed E-state index contributed by atoms with van der Waals surface area (Å²) in [5.74, 6) is 1.39. The molecule has 3 rings (SSSR count). The van der Waals surface area contributed by atoms with Gasteiger partial charge in [-0.15, -0.1) is 21.5 Å². The van der Waals surface area contributed by atoms with Gasteiger partial charge in [-0.05, 0) is 37.3 Å². The molecule has 1 unspecified atom stereocenters. The molecule has 1 atom stereocenters. The number of hydrogen-bond donors (Lipinski definition) is 0. The van der Waals surface area contributed by atoms with Crippen LogP contribution in [0.1, 0.15) is 38.5 Å². The van der Waals surface area contributed by atoms with Crippen LogP contribution in [-0.2, 0) is 6.54 Å². The van der Waals surface area contributed by atoms with Crippen molar-refractivity contribution >= 4 is 11.3 Å². The van der Waals surface area contributed by atoms with Crippen molar-refractivity contribution in [2.45, 2.75) is 45.2 Å². The molecule has 1 fully saturated rings. The van der Waals surface area contributed by atoms with Gasteiger partial charge in [-0.1, -0.05) is 19.4 Å². The smallest absolute Gasteiger partial charge is 0.257 e. The monoisotopic (exact) mass is 277 g/mol. The molecular weight excluding hydrogens is 258 g/mol. The van der Waals surface area contributed by atoms with E-state index in [2.05, 4.69) is 22.0 Å². The van der Waals surface area contributed by atoms with Crippen molar-refractivity contribution in [1.82, 2.24) is 15.1 Å². The van der Waals surface area contributed by atoms with Gasteiger partial charge in [0.15, 0.2) is 0 Å². The fraction of sp³-hybridized carbons (Fsp3) is 0.571. The van der Waals surface area contributed by atoms with E-state index in [1.165, 1.54) is 25.7 Å². The van der Waals surface area contributed by atoms with E-state index in [4.69, 9.17) is 4.42 Å². The van der Waals surface area contributed by atoms with Gasteiger partial charge in [-0.3, -0.25) is 4.90 Å². The molecule has 1 saturated heterocycles. The van der Waals surface area contributed by atoms with Gasteiger partial charge in [0.25, 0.3) is 5.89 Å².